The molecule has 0 aliphatic carbocycles. The molecule has 3 nitrogen and oxygen atoms in total. The van der Waals surface area contributed by atoms with Crippen molar-refractivity contribution in [1.82, 2.24) is 9.97 Å². The third-order valence-corrected chi connectivity index (χ3v) is 2.82. The molecule has 0 saturated carbocycles. The van der Waals surface area contributed by atoms with Gasteiger partial charge in [-0.3, -0.25) is 0 Å². The molecule has 0 unspecified atom stereocenters. The van der Waals surface area contributed by atoms with E-state index in [9.17, 15) is 0 Å². The van der Waals surface area contributed by atoms with Crippen LogP contribution in [0.4, 0.5) is 5.82 Å². The number of nitrogens with zero attached hydrogens (tertiary/aromatic N) is 2. The Bertz CT molecular complexity index is 470. The van der Waals surface area contributed by atoms with Gasteiger partial charge in [0.15, 0.2) is 5.16 Å². The Labute approximate surface area is 93.3 Å². The quantitative estimate of drug-likeness (QED) is 0.636. The van der Waals surface area contributed by atoms with E-state index in [0.29, 0.717) is 0 Å². The van der Waals surface area contributed by atoms with Gasteiger partial charge in [-0.05, 0) is 17.9 Å². The number of rotatable bonds is 3. The maximum Gasteiger partial charge on any atom is 0.190 e. The van der Waals surface area contributed by atoms with Gasteiger partial charge in [0.2, 0.25) is 0 Å². The first-order valence-corrected chi connectivity index (χ1v) is 5.91. The van der Waals surface area contributed by atoms with Crippen LogP contribution in [0.2, 0.25) is 0 Å². The van der Waals surface area contributed by atoms with Crippen LogP contribution in [0.3, 0.4) is 0 Å². The Morgan fingerprint density at radius 3 is 2.80 bits per heavy atom. The average Bonchev–Trinajstić information content (AvgIpc) is 2.28. The molecule has 1 aromatic heterocycles. The second-order valence-electron chi connectivity index (χ2n) is 3.05. The standard InChI is InChI=1S/C11H13N3S/c1-3-15-11-13-9-7-5-4-6-8(9)10(12-2)14-11/h4-7H,3H2,1-2H3,(H,12,13,14). The minimum atomic E-state index is 0.834. The van der Waals surface area contributed by atoms with Crippen LogP contribution >= 0.6 is 11.8 Å². The minimum Gasteiger partial charge on any atom is -0.372 e. The van der Waals surface area contributed by atoms with Crippen molar-refractivity contribution in [1.29, 1.82) is 0 Å². The molecule has 2 aromatic rings. The third kappa shape index (κ3) is 2.04. The molecule has 0 spiro atoms. The normalized spacial score (nSPS) is 10.5. The van der Waals surface area contributed by atoms with Crippen molar-refractivity contribution < 1.29 is 0 Å². The van der Waals surface area contributed by atoms with Crippen LogP contribution in [0.15, 0.2) is 29.4 Å². The number of thioether (sulfide) groups is 1. The maximum absolute atomic E-state index is 4.49. The van der Waals surface area contributed by atoms with E-state index in [1.165, 1.54) is 0 Å². The van der Waals surface area contributed by atoms with Crippen molar-refractivity contribution in [3.63, 3.8) is 0 Å². The number of hydrogen-bond acceptors (Lipinski definition) is 4. The molecule has 0 radical (unpaired) electrons. The number of para-hydroxylation sites is 1. The van der Waals surface area contributed by atoms with Crippen LogP contribution < -0.4 is 5.32 Å². The van der Waals surface area contributed by atoms with Gasteiger partial charge in [0, 0.05) is 12.4 Å². The molecule has 0 saturated heterocycles. The van der Waals surface area contributed by atoms with Crippen molar-refractivity contribution in [2.75, 3.05) is 18.1 Å². The molecular formula is C11H13N3S. The van der Waals surface area contributed by atoms with Crippen molar-refractivity contribution in [2.45, 2.75) is 12.1 Å². The molecular weight excluding hydrogens is 206 g/mol. The van der Waals surface area contributed by atoms with E-state index in [4.69, 9.17) is 0 Å². The van der Waals surface area contributed by atoms with Gasteiger partial charge in [-0.2, -0.15) is 0 Å². The molecule has 0 amide bonds. The number of hydrogen-bond donors (Lipinski definition) is 1. The lowest BCUT2D eigenvalue weighted by Crippen LogP contribution is -1.97. The summed E-state index contributed by atoms with van der Waals surface area (Å²) in [6, 6.07) is 8.04. The Kier molecular flexibility index (Phi) is 3.06. The molecule has 1 N–H and O–H groups in total. The zero-order valence-corrected chi connectivity index (χ0v) is 9.64. The number of anilines is 1. The first kappa shape index (κ1) is 10.2. The summed E-state index contributed by atoms with van der Waals surface area (Å²) < 4.78 is 0. The highest BCUT2D eigenvalue weighted by molar-refractivity contribution is 7.99. The fraction of sp³-hybridized carbons (Fsp3) is 0.273. The molecule has 4 heteroatoms. The van der Waals surface area contributed by atoms with Crippen LogP contribution in [-0.4, -0.2) is 22.8 Å². The number of nitrogens with one attached hydrogen (secondary N) is 1. The summed E-state index contributed by atoms with van der Waals surface area (Å²) in [6.07, 6.45) is 0. The zero-order chi connectivity index (χ0) is 10.7. The largest absolute Gasteiger partial charge is 0.372 e. The number of aromatic nitrogens is 2. The molecule has 2 rings (SSSR count). The fourth-order valence-corrected chi connectivity index (χ4v) is 2.02. The molecule has 1 heterocycles. The Morgan fingerprint density at radius 2 is 2.07 bits per heavy atom. The van der Waals surface area contributed by atoms with Crippen molar-refractivity contribution in [3.05, 3.63) is 24.3 Å². The van der Waals surface area contributed by atoms with Gasteiger partial charge in [0.1, 0.15) is 5.82 Å². The minimum absolute atomic E-state index is 0.834. The first-order valence-electron chi connectivity index (χ1n) is 4.92. The predicted octanol–water partition coefficient (Wildman–Crippen LogP) is 2.78. The lowest BCUT2D eigenvalue weighted by Gasteiger charge is -2.06. The number of benzene rings is 1. The Balaban J connectivity index is 2.60. The van der Waals surface area contributed by atoms with Gasteiger partial charge >= 0.3 is 0 Å². The molecule has 1 aromatic carbocycles. The van der Waals surface area contributed by atoms with E-state index < -0.39 is 0 Å². The van der Waals surface area contributed by atoms with E-state index in [1.807, 2.05) is 31.3 Å². The SMILES string of the molecule is CCSc1nc(NC)c2ccccc2n1. The van der Waals surface area contributed by atoms with Crippen molar-refractivity contribution in [3.8, 4) is 0 Å². The van der Waals surface area contributed by atoms with Crippen LogP contribution in [0.5, 0.6) is 0 Å². The van der Waals surface area contributed by atoms with E-state index in [0.717, 1.165) is 27.6 Å². The third-order valence-electron chi connectivity index (χ3n) is 2.09. The Morgan fingerprint density at radius 1 is 1.27 bits per heavy atom. The fourth-order valence-electron chi connectivity index (χ4n) is 1.44. The molecule has 0 fully saturated rings. The topological polar surface area (TPSA) is 37.8 Å². The van der Waals surface area contributed by atoms with Crippen molar-refractivity contribution >= 4 is 28.5 Å². The van der Waals surface area contributed by atoms with Crippen LogP contribution in [0.1, 0.15) is 6.92 Å². The van der Waals surface area contributed by atoms with E-state index in [-0.39, 0.29) is 0 Å². The predicted molar refractivity (Wildman–Crippen MR) is 65.5 cm³/mol. The van der Waals surface area contributed by atoms with Gasteiger partial charge in [0.05, 0.1) is 5.52 Å². The van der Waals surface area contributed by atoms with Gasteiger partial charge < -0.3 is 5.32 Å². The lowest BCUT2D eigenvalue weighted by molar-refractivity contribution is 1.00. The van der Waals surface area contributed by atoms with Gasteiger partial charge in [0.25, 0.3) is 0 Å². The summed E-state index contributed by atoms with van der Waals surface area (Å²) in [5.41, 5.74) is 0.993. The highest BCUT2D eigenvalue weighted by atomic mass is 32.2. The highest BCUT2D eigenvalue weighted by Crippen LogP contribution is 2.23. The van der Waals surface area contributed by atoms with Gasteiger partial charge in [-0.1, -0.05) is 30.8 Å². The molecule has 0 atom stereocenters. The van der Waals surface area contributed by atoms with Crippen LogP contribution in [0.25, 0.3) is 10.9 Å². The molecule has 78 valence electrons. The summed E-state index contributed by atoms with van der Waals surface area (Å²) in [5, 5.41) is 5.01. The summed E-state index contributed by atoms with van der Waals surface area (Å²) in [4.78, 5) is 8.94. The Hall–Kier alpha value is -1.29. The molecule has 0 aliphatic heterocycles. The zero-order valence-electron chi connectivity index (χ0n) is 8.82. The second-order valence-corrected chi connectivity index (χ2v) is 4.29. The van der Waals surface area contributed by atoms with Crippen molar-refractivity contribution in [2.24, 2.45) is 0 Å². The smallest absolute Gasteiger partial charge is 0.190 e. The van der Waals surface area contributed by atoms with Gasteiger partial charge in [-0.15, -0.1) is 0 Å². The van der Waals surface area contributed by atoms with Gasteiger partial charge in [-0.25, -0.2) is 9.97 Å². The lowest BCUT2D eigenvalue weighted by atomic mass is 10.2. The highest BCUT2D eigenvalue weighted by Gasteiger charge is 2.05. The summed E-state index contributed by atoms with van der Waals surface area (Å²) in [5.74, 6) is 1.89. The molecule has 15 heavy (non-hydrogen) atoms. The van der Waals surface area contributed by atoms with Crippen LogP contribution in [-0.2, 0) is 0 Å². The van der Waals surface area contributed by atoms with Crippen LogP contribution in [0, 0.1) is 0 Å². The average molecular weight is 219 g/mol. The second kappa shape index (κ2) is 4.49. The first-order chi connectivity index (χ1) is 7.35. The monoisotopic (exact) mass is 219 g/mol. The summed E-state index contributed by atoms with van der Waals surface area (Å²) in [6.45, 7) is 2.10. The van der Waals surface area contributed by atoms with E-state index in [1.54, 1.807) is 11.8 Å². The van der Waals surface area contributed by atoms with E-state index >= 15 is 0 Å². The van der Waals surface area contributed by atoms with E-state index in [2.05, 4.69) is 22.2 Å². The maximum atomic E-state index is 4.49. The number of fused-ring (bicyclic) bond motifs is 1. The molecule has 0 aliphatic rings. The summed E-state index contributed by atoms with van der Waals surface area (Å²) in [7, 11) is 1.88. The molecule has 0 bridgehead atoms. The summed E-state index contributed by atoms with van der Waals surface area (Å²) >= 11 is 1.66.